The lowest BCUT2D eigenvalue weighted by molar-refractivity contribution is 0.00191. The van der Waals surface area contributed by atoms with Crippen molar-refractivity contribution in [1.82, 2.24) is 10.2 Å². The van der Waals surface area contributed by atoms with Gasteiger partial charge in [0.1, 0.15) is 0 Å². The van der Waals surface area contributed by atoms with Crippen molar-refractivity contribution in [2.24, 2.45) is 5.92 Å². The molecule has 24 heavy (non-hydrogen) atoms. The summed E-state index contributed by atoms with van der Waals surface area (Å²) < 4.78 is 6.53. The summed E-state index contributed by atoms with van der Waals surface area (Å²) >= 11 is 2.26. The van der Waals surface area contributed by atoms with Crippen LogP contribution in [0.3, 0.4) is 0 Å². The molecule has 1 aromatic carbocycles. The number of amides is 1. The zero-order valence-corrected chi connectivity index (χ0v) is 17.1. The molecule has 1 unspecified atom stereocenters. The summed E-state index contributed by atoms with van der Waals surface area (Å²) in [5.74, 6) is 0.632. The van der Waals surface area contributed by atoms with Crippen molar-refractivity contribution in [1.29, 1.82) is 0 Å². The summed E-state index contributed by atoms with van der Waals surface area (Å²) in [6.07, 6.45) is 2.27. The van der Waals surface area contributed by atoms with Crippen molar-refractivity contribution >= 4 is 28.5 Å². The minimum atomic E-state index is 0.0346. The second-order valence-corrected chi connectivity index (χ2v) is 7.52. The molecule has 0 radical (unpaired) electrons. The van der Waals surface area contributed by atoms with E-state index in [0.29, 0.717) is 18.5 Å². The Balaban J connectivity index is 2.06. The van der Waals surface area contributed by atoms with Crippen LogP contribution in [0.15, 0.2) is 18.2 Å². The van der Waals surface area contributed by atoms with Crippen LogP contribution in [0.4, 0.5) is 0 Å². The van der Waals surface area contributed by atoms with E-state index in [2.05, 4.69) is 46.7 Å². The fourth-order valence-corrected chi connectivity index (χ4v) is 4.06. The fourth-order valence-electron chi connectivity index (χ4n) is 3.45. The molecule has 0 spiro atoms. The van der Waals surface area contributed by atoms with E-state index >= 15 is 0 Å². The smallest absolute Gasteiger partial charge is 0.252 e. The minimum absolute atomic E-state index is 0.0346. The number of nitrogens with zero attached hydrogens (tertiary/aromatic N) is 1. The van der Waals surface area contributed by atoms with Crippen LogP contribution in [0.25, 0.3) is 0 Å². The van der Waals surface area contributed by atoms with Gasteiger partial charge in [-0.15, -0.1) is 0 Å². The third kappa shape index (κ3) is 4.92. The third-order valence-electron chi connectivity index (χ3n) is 5.02. The van der Waals surface area contributed by atoms with Gasteiger partial charge in [-0.2, -0.15) is 0 Å². The van der Waals surface area contributed by atoms with E-state index in [0.717, 1.165) is 53.8 Å². The molecule has 0 aromatic heterocycles. The number of carbonyl (C=O) groups excluding carboxylic acids is 1. The van der Waals surface area contributed by atoms with Crippen LogP contribution >= 0.6 is 22.6 Å². The van der Waals surface area contributed by atoms with E-state index in [1.165, 1.54) is 0 Å². The van der Waals surface area contributed by atoms with E-state index in [1.807, 2.05) is 25.1 Å². The molecule has 0 bridgehead atoms. The topological polar surface area (TPSA) is 41.6 Å². The number of rotatable bonds is 7. The third-order valence-corrected chi connectivity index (χ3v) is 6.45. The summed E-state index contributed by atoms with van der Waals surface area (Å²) in [5, 5.41) is 3.19. The lowest BCUT2D eigenvalue weighted by Gasteiger charge is -2.38. The summed E-state index contributed by atoms with van der Waals surface area (Å²) in [7, 11) is 0. The molecule has 1 N–H and O–H groups in total. The van der Waals surface area contributed by atoms with Crippen LogP contribution in [0, 0.1) is 16.4 Å². The molecule has 2 rings (SSSR count). The zero-order valence-electron chi connectivity index (χ0n) is 15.0. The molecular weight excluding hydrogens is 415 g/mol. The minimum Gasteiger partial charge on any atom is -0.379 e. The van der Waals surface area contributed by atoms with Crippen molar-refractivity contribution in [3.05, 3.63) is 32.9 Å². The predicted molar refractivity (Wildman–Crippen MR) is 106 cm³/mol. The number of aryl methyl sites for hydroxylation is 1. The van der Waals surface area contributed by atoms with Gasteiger partial charge in [-0.25, -0.2) is 0 Å². The standard InChI is InChI=1S/C19H29IN2O2/c1-4-15(5-2)17(22-9-11-24-12-10-22)13-21-19(23)16-8-6-7-14(3)18(16)20/h6-8,15,17H,4-5,9-13H2,1-3H3,(H,21,23). The predicted octanol–water partition coefficient (Wildman–Crippen LogP) is 3.47. The van der Waals surface area contributed by atoms with Gasteiger partial charge in [0.2, 0.25) is 0 Å². The van der Waals surface area contributed by atoms with Crippen molar-refractivity contribution < 1.29 is 9.53 Å². The number of morpholine rings is 1. The number of carbonyl (C=O) groups is 1. The van der Waals surface area contributed by atoms with Gasteiger partial charge in [0.15, 0.2) is 0 Å². The molecular formula is C19H29IN2O2. The van der Waals surface area contributed by atoms with Crippen LogP contribution in [-0.2, 0) is 4.74 Å². The summed E-state index contributed by atoms with van der Waals surface area (Å²) in [5.41, 5.74) is 1.92. The number of halogens is 1. The summed E-state index contributed by atoms with van der Waals surface area (Å²) in [6, 6.07) is 6.28. The molecule has 1 amide bonds. The zero-order chi connectivity index (χ0) is 17.5. The molecule has 1 aromatic rings. The lowest BCUT2D eigenvalue weighted by atomic mass is 9.92. The maximum atomic E-state index is 12.6. The first-order valence-corrected chi connectivity index (χ1v) is 10.0. The molecule has 1 fully saturated rings. The Morgan fingerprint density at radius 2 is 1.96 bits per heavy atom. The second kappa shape index (κ2) is 9.73. The first kappa shape index (κ1) is 19.7. The first-order chi connectivity index (χ1) is 11.6. The Labute approximate surface area is 159 Å². The molecule has 134 valence electrons. The molecule has 4 nitrogen and oxygen atoms in total. The Bertz CT molecular complexity index is 540. The number of benzene rings is 1. The van der Waals surface area contributed by atoms with E-state index in [1.54, 1.807) is 0 Å². The van der Waals surface area contributed by atoms with E-state index in [4.69, 9.17) is 4.74 Å². The van der Waals surface area contributed by atoms with Gasteiger partial charge < -0.3 is 10.1 Å². The SMILES string of the molecule is CCC(CC)C(CNC(=O)c1cccc(C)c1I)N1CCOCC1. The van der Waals surface area contributed by atoms with Crippen LogP contribution in [0.2, 0.25) is 0 Å². The average molecular weight is 444 g/mol. The highest BCUT2D eigenvalue weighted by Crippen LogP contribution is 2.20. The molecule has 0 saturated carbocycles. The molecule has 1 aliphatic heterocycles. The molecule has 1 heterocycles. The Morgan fingerprint density at radius 1 is 1.29 bits per heavy atom. The highest BCUT2D eigenvalue weighted by Gasteiger charge is 2.27. The van der Waals surface area contributed by atoms with Crippen molar-refractivity contribution in [3.63, 3.8) is 0 Å². The maximum Gasteiger partial charge on any atom is 0.252 e. The van der Waals surface area contributed by atoms with Crippen LogP contribution in [-0.4, -0.2) is 49.7 Å². The first-order valence-electron chi connectivity index (χ1n) is 8.93. The highest BCUT2D eigenvalue weighted by atomic mass is 127. The number of ether oxygens (including phenoxy) is 1. The molecule has 1 aliphatic rings. The summed E-state index contributed by atoms with van der Waals surface area (Å²) in [4.78, 5) is 15.1. The average Bonchev–Trinajstić information content (AvgIpc) is 2.61. The van der Waals surface area contributed by atoms with Gasteiger partial charge in [0.05, 0.1) is 18.8 Å². The summed E-state index contributed by atoms with van der Waals surface area (Å²) in [6.45, 7) is 10.7. The second-order valence-electron chi connectivity index (χ2n) is 6.44. The largest absolute Gasteiger partial charge is 0.379 e. The highest BCUT2D eigenvalue weighted by molar-refractivity contribution is 14.1. The monoisotopic (exact) mass is 444 g/mol. The van der Waals surface area contributed by atoms with Crippen molar-refractivity contribution in [2.75, 3.05) is 32.8 Å². The van der Waals surface area contributed by atoms with E-state index in [-0.39, 0.29) is 5.91 Å². The lowest BCUT2D eigenvalue weighted by Crippen LogP contribution is -2.52. The fraction of sp³-hybridized carbons (Fsp3) is 0.632. The maximum absolute atomic E-state index is 12.6. The molecule has 5 heteroatoms. The van der Waals surface area contributed by atoms with Gasteiger partial charge >= 0.3 is 0 Å². The Hall–Kier alpha value is -0.660. The van der Waals surface area contributed by atoms with Gasteiger partial charge in [-0.3, -0.25) is 9.69 Å². The normalized spacial score (nSPS) is 17.0. The number of hydrogen-bond acceptors (Lipinski definition) is 3. The van der Waals surface area contributed by atoms with Crippen LogP contribution < -0.4 is 5.32 Å². The van der Waals surface area contributed by atoms with Gasteiger partial charge in [-0.05, 0) is 47.1 Å². The molecule has 1 atom stereocenters. The van der Waals surface area contributed by atoms with Gasteiger partial charge in [-0.1, -0.05) is 38.8 Å². The van der Waals surface area contributed by atoms with E-state index in [9.17, 15) is 4.79 Å². The van der Waals surface area contributed by atoms with Crippen LogP contribution in [0.5, 0.6) is 0 Å². The number of hydrogen-bond donors (Lipinski definition) is 1. The van der Waals surface area contributed by atoms with Crippen LogP contribution in [0.1, 0.15) is 42.6 Å². The van der Waals surface area contributed by atoms with E-state index < -0.39 is 0 Å². The van der Waals surface area contributed by atoms with Gasteiger partial charge in [0, 0.05) is 29.2 Å². The van der Waals surface area contributed by atoms with Gasteiger partial charge in [0.25, 0.3) is 5.91 Å². The number of nitrogens with one attached hydrogen (secondary N) is 1. The quantitative estimate of drug-likeness (QED) is 0.655. The van der Waals surface area contributed by atoms with Crippen molar-refractivity contribution in [3.8, 4) is 0 Å². The van der Waals surface area contributed by atoms with Crippen molar-refractivity contribution in [2.45, 2.75) is 39.7 Å². The molecule has 0 aliphatic carbocycles. The molecule has 1 saturated heterocycles. The Kier molecular flexibility index (Phi) is 7.97. The Morgan fingerprint density at radius 3 is 2.58 bits per heavy atom.